The first-order valence-electron chi connectivity index (χ1n) is 4.38. The van der Waals surface area contributed by atoms with Crippen LogP contribution >= 0.6 is 0 Å². The summed E-state index contributed by atoms with van der Waals surface area (Å²) in [5.41, 5.74) is 12.6. The average Bonchev–Trinajstić information content (AvgIpc) is 2.10. The molecule has 0 bridgehead atoms. The van der Waals surface area contributed by atoms with Gasteiger partial charge < -0.3 is 16.4 Å². The minimum Gasteiger partial charge on any atom is -0.397 e. The van der Waals surface area contributed by atoms with Gasteiger partial charge in [-0.15, -0.1) is 0 Å². The normalized spacial score (nSPS) is 10.0. The summed E-state index contributed by atoms with van der Waals surface area (Å²) < 4.78 is 0. The molecule has 1 rings (SSSR count). The lowest BCUT2D eigenvalue weighted by Gasteiger charge is -2.19. The van der Waals surface area contributed by atoms with Gasteiger partial charge in [-0.3, -0.25) is 0 Å². The minimum absolute atomic E-state index is 0.568. The third-order valence-electron chi connectivity index (χ3n) is 1.92. The highest BCUT2D eigenvalue weighted by atomic mass is 15.2. The summed E-state index contributed by atoms with van der Waals surface area (Å²) in [6.07, 6.45) is 2.74. The highest BCUT2D eigenvalue weighted by Crippen LogP contribution is 2.24. The van der Waals surface area contributed by atoms with Crippen LogP contribution in [0.3, 0.4) is 0 Å². The van der Waals surface area contributed by atoms with Crippen molar-refractivity contribution >= 4 is 17.2 Å². The number of hydrogen-bond acceptors (Lipinski definition) is 4. The summed E-state index contributed by atoms with van der Waals surface area (Å²) >= 11 is 0. The fourth-order valence-electron chi connectivity index (χ4n) is 1.22. The molecule has 0 atom stereocenters. The van der Waals surface area contributed by atoms with E-state index in [2.05, 4.69) is 11.9 Å². The van der Waals surface area contributed by atoms with E-state index in [1.54, 1.807) is 12.3 Å². The van der Waals surface area contributed by atoms with E-state index in [4.69, 9.17) is 11.5 Å². The molecular formula is C9H16N4. The Morgan fingerprint density at radius 2 is 2.15 bits per heavy atom. The molecule has 1 aromatic heterocycles. The molecule has 4 nitrogen and oxygen atoms in total. The van der Waals surface area contributed by atoms with E-state index < -0.39 is 0 Å². The van der Waals surface area contributed by atoms with Crippen molar-refractivity contribution in [1.29, 1.82) is 0 Å². The molecule has 0 aliphatic rings. The van der Waals surface area contributed by atoms with Gasteiger partial charge in [0.05, 0.1) is 11.4 Å². The molecule has 0 aromatic carbocycles. The van der Waals surface area contributed by atoms with Crippen LogP contribution in [0.15, 0.2) is 12.3 Å². The van der Waals surface area contributed by atoms with Crippen molar-refractivity contribution in [3.8, 4) is 0 Å². The van der Waals surface area contributed by atoms with Crippen molar-refractivity contribution in [2.24, 2.45) is 0 Å². The third-order valence-corrected chi connectivity index (χ3v) is 1.92. The SMILES string of the molecule is CCCN(C)c1nccc(N)c1N. The van der Waals surface area contributed by atoms with Crippen LogP contribution in [0.5, 0.6) is 0 Å². The Kier molecular flexibility index (Phi) is 2.95. The molecule has 0 amide bonds. The predicted molar refractivity (Wildman–Crippen MR) is 56.6 cm³/mol. The third kappa shape index (κ3) is 2.02. The van der Waals surface area contributed by atoms with E-state index in [-0.39, 0.29) is 0 Å². The van der Waals surface area contributed by atoms with E-state index in [1.165, 1.54) is 0 Å². The molecule has 4 N–H and O–H groups in total. The van der Waals surface area contributed by atoms with Gasteiger partial charge in [-0.2, -0.15) is 0 Å². The van der Waals surface area contributed by atoms with Crippen LogP contribution in [-0.4, -0.2) is 18.6 Å². The molecule has 0 saturated heterocycles. The molecule has 0 radical (unpaired) electrons. The number of nitrogen functional groups attached to an aromatic ring is 2. The van der Waals surface area contributed by atoms with Crippen molar-refractivity contribution in [3.05, 3.63) is 12.3 Å². The van der Waals surface area contributed by atoms with E-state index in [1.807, 2.05) is 11.9 Å². The molecule has 72 valence electrons. The minimum atomic E-state index is 0.568. The smallest absolute Gasteiger partial charge is 0.153 e. The van der Waals surface area contributed by atoms with Crippen molar-refractivity contribution in [2.45, 2.75) is 13.3 Å². The number of aromatic nitrogens is 1. The lowest BCUT2D eigenvalue weighted by atomic mass is 10.3. The molecule has 0 spiro atoms. The van der Waals surface area contributed by atoms with Gasteiger partial charge in [0.2, 0.25) is 0 Å². The molecule has 1 heterocycles. The summed E-state index contributed by atoms with van der Waals surface area (Å²) in [6, 6.07) is 1.71. The van der Waals surface area contributed by atoms with Crippen LogP contribution in [0, 0.1) is 0 Å². The van der Waals surface area contributed by atoms with Crippen LogP contribution in [0.4, 0.5) is 17.2 Å². The molecule has 0 aliphatic carbocycles. The average molecular weight is 180 g/mol. The molecule has 1 aromatic rings. The first kappa shape index (κ1) is 9.64. The van der Waals surface area contributed by atoms with Gasteiger partial charge in [0, 0.05) is 19.8 Å². The van der Waals surface area contributed by atoms with Gasteiger partial charge in [-0.05, 0) is 12.5 Å². The lowest BCUT2D eigenvalue weighted by Crippen LogP contribution is -2.20. The zero-order chi connectivity index (χ0) is 9.84. The second kappa shape index (κ2) is 3.98. The van der Waals surface area contributed by atoms with Crippen molar-refractivity contribution < 1.29 is 0 Å². The number of nitrogens with two attached hydrogens (primary N) is 2. The van der Waals surface area contributed by atoms with Crippen molar-refractivity contribution in [3.63, 3.8) is 0 Å². The van der Waals surface area contributed by atoms with E-state index in [0.717, 1.165) is 18.8 Å². The monoisotopic (exact) mass is 180 g/mol. The second-order valence-electron chi connectivity index (χ2n) is 3.06. The van der Waals surface area contributed by atoms with Crippen molar-refractivity contribution in [1.82, 2.24) is 4.98 Å². The van der Waals surface area contributed by atoms with Gasteiger partial charge in [-0.1, -0.05) is 6.92 Å². The largest absolute Gasteiger partial charge is 0.397 e. The lowest BCUT2D eigenvalue weighted by molar-refractivity contribution is 0.839. The van der Waals surface area contributed by atoms with E-state index >= 15 is 0 Å². The Hall–Kier alpha value is -1.45. The van der Waals surface area contributed by atoms with Gasteiger partial charge in [-0.25, -0.2) is 4.98 Å². The van der Waals surface area contributed by atoms with Crippen LogP contribution in [0.2, 0.25) is 0 Å². The summed E-state index contributed by atoms with van der Waals surface area (Å²) in [7, 11) is 1.96. The Morgan fingerprint density at radius 1 is 1.46 bits per heavy atom. The summed E-state index contributed by atoms with van der Waals surface area (Å²) in [4.78, 5) is 6.18. The second-order valence-corrected chi connectivity index (χ2v) is 3.06. The maximum atomic E-state index is 5.78. The van der Waals surface area contributed by atoms with E-state index in [9.17, 15) is 0 Å². The van der Waals surface area contributed by atoms with Gasteiger partial charge in [0.25, 0.3) is 0 Å². The Labute approximate surface area is 78.6 Å². The molecule has 0 saturated carbocycles. The van der Waals surface area contributed by atoms with Crippen LogP contribution in [0.25, 0.3) is 0 Å². The molecule has 13 heavy (non-hydrogen) atoms. The Bertz CT molecular complexity index is 285. The zero-order valence-corrected chi connectivity index (χ0v) is 8.12. The molecule has 0 fully saturated rings. The molecule has 0 aliphatic heterocycles. The van der Waals surface area contributed by atoms with Gasteiger partial charge in [0.1, 0.15) is 0 Å². The molecule has 4 heteroatoms. The molecule has 0 unspecified atom stereocenters. The Balaban J connectivity index is 2.93. The number of nitrogens with zero attached hydrogens (tertiary/aromatic N) is 2. The quantitative estimate of drug-likeness (QED) is 0.730. The summed E-state index contributed by atoms with van der Waals surface area (Å²) in [5, 5.41) is 0. The van der Waals surface area contributed by atoms with Crippen LogP contribution in [-0.2, 0) is 0 Å². The Morgan fingerprint density at radius 3 is 2.77 bits per heavy atom. The number of rotatable bonds is 3. The zero-order valence-electron chi connectivity index (χ0n) is 8.12. The first-order valence-corrected chi connectivity index (χ1v) is 4.38. The van der Waals surface area contributed by atoms with Crippen LogP contribution < -0.4 is 16.4 Å². The van der Waals surface area contributed by atoms with Gasteiger partial charge in [0.15, 0.2) is 5.82 Å². The standard InChI is InChI=1S/C9H16N4/c1-3-6-13(2)9-8(11)7(10)4-5-12-9/h4-5H,3,6,11H2,1-2H3,(H2,10,12). The van der Waals surface area contributed by atoms with E-state index in [0.29, 0.717) is 11.4 Å². The number of hydrogen-bond donors (Lipinski definition) is 2. The highest BCUT2D eigenvalue weighted by Gasteiger charge is 2.07. The first-order chi connectivity index (χ1) is 6.16. The highest BCUT2D eigenvalue weighted by molar-refractivity contribution is 5.75. The summed E-state index contributed by atoms with van der Waals surface area (Å²) in [6.45, 7) is 3.04. The molecular weight excluding hydrogens is 164 g/mol. The fourth-order valence-corrected chi connectivity index (χ4v) is 1.22. The van der Waals surface area contributed by atoms with Crippen molar-refractivity contribution in [2.75, 3.05) is 30.0 Å². The van der Waals surface area contributed by atoms with Crippen LogP contribution in [0.1, 0.15) is 13.3 Å². The number of pyridine rings is 1. The topological polar surface area (TPSA) is 68.2 Å². The van der Waals surface area contributed by atoms with Gasteiger partial charge >= 0.3 is 0 Å². The maximum Gasteiger partial charge on any atom is 0.153 e. The fraction of sp³-hybridized carbons (Fsp3) is 0.444. The summed E-state index contributed by atoms with van der Waals surface area (Å²) in [5.74, 6) is 0.766. The maximum absolute atomic E-state index is 5.78. The predicted octanol–water partition coefficient (Wildman–Crippen LogP) is 1.09. The number of anilines is 3.